The zero-order valence-corrected chi connectivity index (χ0v) is 17.9. The molecule has 4 heterocycles. The Bertz CT molecular complexity index is 1290. The summed E-state index contributed by atoms with van der Waals surface area (Å²) >= 11 is 0. The quantitative estimate of drug-likeness (QED) is 0.442. The second-order valence-electron chi connectivity index (χ2n) is 7.40. The van der Waals surface area contributed by atoms with Gasteiger partial charge in [0, 0.05) is 13.1 Å². The number of fused-ring (bicyclic) bond motifs is 2. The molecule has 13 heteroatoms. The van der Waals surface area contributed by atoms with Crippen LogP contribution in [0, 0.1) is 0 Å². The number of para-hydroxylation sites is 1. The van der Waals surface area contributed by atoms with E-state index in [1.165, 1.54) is 6.20 Å². The smallest absolute Gasteiger partial charge is 0.319 e. The van der Waals surface area contributed by atoms with E-state index in [1.54, 1.807) is 17.6 Å². The number of hydrogen-bond acceptors (Lipinski definition) is 9. The number of nitrogens with one attached hydrogen (secondary N) is 4. The number of aromatic nitrogens is 3. The molecule has 32 heavy (non-hydrogen) atoms. The van der Waals surface area contributed by atoms with Crippen molar-refractivity contribution in [3.8, 4) is 11.5 Å². The van der Waals surface area contributed by atoms with Crippen LogP contribution >= 0.6 is 0 Å². The summed E-state index contributed by atoms with van der Waals surface area (Å²) in [6, 6.07) is 6.39. The first-order chi connectivity index (χ1) is 15.4. The number of ether oxygens (including phenoxy) is 2. The van der Waals surface area contributed by atoms with Crippen molar-refractivity contribution in [2.24, 2.45) is 0 Å². The van der Waals surface area contributed by atoms with Gasteiger partial charge in [-0.3, -0.25) is 0 Å². The Morgan fingerprint density at radius 2 is 2.00 bits per heavy atom. The summed E-state index contributed by atoms with van der Waals surface area (Å²) in [5.41, 5.74) is 1.47. The lowest BCUT2D eigenvalue weighted by Gasteiger charge is -2.26. The molecule has 1 saturated heterocycles. The summed E-state index contributed by atoms with van der Waals surface area (Å²) in [5.74, 6) is 2.28. The van der Waals surface area contributed by atoms with Crippen molar-refractivity contribution >= 4 is 44.5 Å². The van der Waals surface area contributed by atoms with Crippen LogP contribution in [0.15, 0.2) is 30.5 Å². The molecule has 0 radical (unpaired) electrons. The van der Waals surface area contributed by atoms with Gasteiger partial charge in [-0.15, -0.1) is 0 Å². The van der Waals surface area contributed by atoms with E-state index in [0.717, 1.165) is 0 Å². The number of rotatable bonds is 5. The van der Waals surface area contributed by atoms with Crippen LogP contribution in [0.1, 0.15) is 0 Å². The lowest BCUT2D eigenvalue weighted by atomic mass is 10.2. The highest BCUT2D eigenvalue weighted by Crippen LogP contribution is 2.38. The first-order valence-electron chi connectivity index (χ1n) is 9.92. The van der Waals surface area contributed by atoms with E-state index >= 15 is 0 Å². The number of carbonyl (C=O) groups is 1. The summed E-state index contributed by atoms with van der Waals surface area (Å²) in [7, 11) is -1.28. The number of anilines is 4. The van der Waals surface area contributed by atoms with Gasteiger partial charge < -0.3 is 30.7 Å². The van der Waals surface area contributed by atoms with Gasteiger partial charge >= 0.3 is 6.03 Å². The van der Waals surface area contributed by atoms with Gasteiger partial charge in [-0.25, -0.2) is 18.2 Å². The van der Waals surface area contributed by atoms with Crippen molar-refractivity contribution in [3.05, 3.63) is 30.5 Å². The van der Waals surface area contributed by atoms with Crippen molar-refractivity contribution < 1.29 is 22.7 Å². The van der Waals surface area contributed by atoms with Crippen molar-refractivity contribution in [3.63, 3.8) is 0 Å². The fourth-order valence-electron chi connectivity index (χ4n) is 3.59. The third kappa shape index (κ3) is 3.82. The Morgan fingerprint density at radius 1 is 1.19 bits per heavy atom. The van der Waals surface area contributed by atoms with Gasteiger partial charge in [0.2, 0.25) is 0 Å². The van der Waals surface area contributed by atoms with E-state index in [9.17, 15) is 13.2 Å². The average molecular weight is 459 g/mol. The van der Waals surface area contributed by atoms with Crippen LogP contribution in [-0.2, 0) is 9.84 Å². The van der Waals surface area contributed by atoms with Gasteiger partial charge in [-0.05, 0) is 12.1 Å². The number of nitrogens with zero attached hydrogens (tertiary/aromatic N) is 3. The minimum atomic E-state index is -3.03. The molecule has 168 valence electrons. The Kier molecular flexibility index (Phi) is 4.89. The predicted octanol–water partition coefficient (Wildman–Crippen LogP) is 1.20. The summed E-state index contributed by atoms with van der Waals surface area (Å²) in [6.07, 6.45) is 1.48. The summed E-state index contributed by atoms with van der Waals surface area (Å²) in [5, 5.41) is 15.9. The lowest BCUT2D eigenvalue weighted by molar-refractivity contribution is 0.172. The van der Waals surface area contributed by atoms with Gasteiger partial charge in [0.05, 0.1) is 29.4 Å². The average Bonchev–Trinajstić information content (AvgIpc) is 3.14. The molecule has 0 aliphatic carbocycles. The Hall–Kier alpha value is -3.74. The molecule has 5 rings (SSSR count). The lowest BCUT2D eigenvalue weighted by Crippen LogP contribution is -2.53. The maximum Gasteiger partial charge on any atom is 0.319 e. The Morgan fingerprint density at radius 3 is 2.78 bits per heavy atom. The highest BCUT2D eigenvalue weighted by Gasteiger charge is 2.34. The number of amides is 2. The molecule has 2 aliphatic rings. The number of hydrogen-bond donors (Lipinski definition) is 4. The fraction of sp³-hybridized carbons (Fsp3) is 0.316. The normalized spacial score (nSPS) is 16.8. The minimum Gasteiger partial charge on any atom is -0.486 e. The van der Waals surface area contributed by atoms with E-state index < -0.39 is 21.9 Å². The van der Waals surface area contributed by atoms with E-state index in [0.29, 0.717) is 53.4 Å². The Balaban J connectivity index is 1.41. The second-order valence-corrected chi connectivity index (χ2v) is 9.55. The van der Waals surface area contributed by atoms with Crippen LogP contribution in [0.3, 0.4) is 0 Å². The number of urea groups is 1. The highest BCUT2D eigenvalue weighted by molar-refractivity contribution is 7.92. The van der Waals surface area contributed by atoms with Gasteiger partial charge in [0.25, 0.3) is 0 Å². The topological polar surface area (TPSA) is 148 Å². The van der Waals surface area contributed by atoms with Crippen LogP contribution in [0.25, 0.3) is 5.65 Å². The third-order valence-electron chi connectivity index (χ3n) is 5.05. The molecule has 12 nitrogen and oxygen atoms in total. The predicted molar refractivity (Wildman–Crippen MR) is 118 cm³/mol. The number of sulfone groups is 1. The summed E-state index contributed by atoms with van der Waals surface area (Å²) < 4.78 is 35.5. The maximum absolute atomic E-state index is 12.3. The Labute approximate surface area is 183 Å². The summed E-state index contributed by atoms with van der Waals surface area (Å²) in [4.78, 5) is 16.9. The van der Waals surface area contributed by atoms with Gasteiger partial charge in [0.1, 0.15) is 30.5 Å². The molecule has 0 bridgehead atoms. The van der Waals surface area contributed by atoms with Crippen LogP contribution in [0.2, 0.25) is 0 Å². The van der Waals surface area contributed by atoms with Crippen molar-refractivity contribution in [1.82, 2.24) is 19.9 Å². The van der Waals surface area contributed by atoms with E-state index in [1.807, 2.05) is 18.2 Å². The molecule has 2 aromatic heterocycles. The second kappa shape index (κ2) is 7.75. The highest BCUT2D eigenvalue weighted by atomic mass is 32.2. The summed E-state index contributed by atoms with van der Waals surface area (Å²) in [6.45, 7) is 0.943. The fourth-order valence-corrected chi connectivity index (χ4v) is 4.89. The molecule has 0 atom stereocenters. The first-order valence-corrected chi connectivity index (χ1v) is 11.7. The molecule has 1 aromatic carbocycles. The van der Waals surface area contributed by atoms with Crippen molar-refractivity contribution in [2.45, 2.75) is 6.04 Å². The molecular formula is C19H21N7O5S. The third-order valence-corrected chi connectivity index (χ3v) is 6.87. The molecule has 3 aromatic rings. The van der Waals surface area contributed by atoms with Crippen LogP contribution in [0.4, 0.5) is 27.8 Å². The molecule has 0 spiro atoms. The first kappa shape index (κ1) is 20.2. The van der Waals surface area contributed by atoms with E-state index in [-0.39, 0.29) is 11.5 Å². The zero-order chi connectivity index (χ0) is 22.3. The van der Waals surface area contributed by atoms with Crippen molar-refractivity contribution in [1.29, 1.82) is 0 Å². The molecule has 0 saturated carbocycles. The minimum absolute atomic E-state index is 0.0570. The maximum atomic E-state index is 12.3. The molecule has 1 fully saturated rings. The molecular weight excluding hydrogens is 438 g/mol. The van der Waals surface area contributed by atoms with Crippen LogP contribution < -0.4 is 30.7 Å². The molecule has 4 N–H and O–H groups in total. The van der Waals surface area contributed by atoms with Gasteiger partial charge in [0.15, 0.2) is 27.0 Å². The SMILES string of the molecule is CNc1cc(Nc2cccc3c2OCCO3)nc2c(NC(=O)NC3CS(=O)(=O)C3)cnn12. The zero-order valence-electron chi connectivity index (χ0n) is 17.1. The van der Waals surface area contributed by atoms with Gasteiger partial charge in [-0.1, -0.05) is 6.07 Å². The van der Waals surface area contributed by atoms with Crippen LogP contribution in [-0.4, -0.2) is 66.9 Å². The largest absolute Gasteiger partial charge is 0.486 e. The molecule has 2 aliphatic heterocycles. The van der Waals surface area contributed by atoms with E-state index in [2.05, 4.69) is 31.3 Å². The monoisotopic (exact) mass is 459 g/mol. The number of benzene rings is 1. The van der Waals surface area contributed by atoms with Crippen molar-refractivity contribution in [2.75, 3.05) is 47.7 Å². The van der Waals surface area contributed by atoms with E-state index in [4.69, 9.17) is 9.47 Å². The van der Waals surface area contributed by atoms with Gasteiger partial charge in [-0.2, -0.15) is 9.61 Å². The molecule has 0 unspecified atom stereocenters. The standard InChI is InChI=1S/C19H21N7O5S/c1-20-16-7-15(23-12-3-2-4-14-17(12)31-6-5-30-14)25-18-13(8-21-26(16)18)24-19(27)22-11-9-32(28,29)10-11/h2-4,7-8,11,20H,5-6,9-10H2,1H3,(H,23,25)(H2,22,24,27). The van der Waals surface area contributed by atoms with Crippen LogP contribution in [0.5, 0.6) is 11.5 Å². The number of carbonyl (C=O) groups excluding carboxylic acids is 1. The molecule has 2 amide bonds.